The standard InChI is InChI=1S/C17H13BrN4O/c1-23-15-7-6-11(8-13(15)18)9-16-20-17-12-4-2-3-5-14(12)19-10-22(17)21-16/h2-8,10H,9H2,1H3. The number of aromatic nitrogens is 4. The molecule has 0 aliphatic rings. The molecule has 0 atom stereocenters. The Bertz CT molecular complexity index is 1010. The molecule has 0 fully saturated rings. The molecule has 0 saturated heterocycles. The van der Waals surface area contributed by atoms with Crippen molar-refractivity contribution in [3.8, 4) is 5.75 Å². The zero-order chi connectivity index (χ0) is 15.8. The van der Waals surface area contributed by atoms with Crippen LogP contribution in [0.5, 0.6) is 5.75 Å². The summed E-state index contributed by atoms with van der Waals surface area (Å²) < 4.78 is 7.91. The maximum atomic E-state index is 5.26. The molecule has 0 bridgehead atoms. The molecule has 0 amide bonds. The normalized spacial score (nSPS) is 11.2. The average Bonchev–Trinajstić information content (AvgIpc) is 2.98. The van der Waals surface area contributed by atoms with Gasteiger partial charge in [-0.1, -0.05) is 18.2 Å². The van der Waals surface area contributed by atoms with E-state index < -0.39 is 0 Å². The molecule has 114 valence electrons. The highest BCUT2D eigenvalue weighted by Crippen LogP contribution is 2.26. The molecule has 0 radical (unpaired) electrons. The highest BCUT2D eigenvalue weighted by atomic mass is 79.9. The molecule has 5 nitrogen and oxygen atoms in total. The van der Waals surface area contributed by atoms with E-state index in [0.29, 0.717) is 6.42 Å². The number of hydrogen-bond acceptors (Lipinski definition) is 4. The zero-order valence-corrected chi connectivity index (χ0v) is 14.0. The maximum absolute atomic E-state index is 5.26. The van der Waals surface area contributed by atoms with Crippen LogP contribution < -0.4 is 4.74 Å². The van der Waals surface area contributed by atoms with Crippen LogP contribution in [0.25, 0.3) is 16.6 Å². The smallest absolute Gasteiger partial charge is 0.166 e. The first-order valence-corrected chi connectivity index (χ1v) is 7.95. The molecule has 0 unspecified atom stereocenters. The summed E-state index contributed by atoms with van der Waals surface area (Å²) in [5, 5.41) is 5.53. The first kappa shape index (κ1) is 14.1. The third-order valence-electron chi connectivity index (χ3n) is 3.70. The van der Waals surface area contributed by atoms with E-state index in [4.69, 9.17) is 4.74 Å². The van der Waals surface area contributed by atoms with Gasteiger partial charge in [-0.25, -0.2) is 14.5 Å². The summed E-state index contributed by atoms with van der Waals surface area (Å²) in [6, 6.07) is 13.9. The van der Waals surface area contributed by atoms with E-state index in [-0.39, 0.29) is 0 Å². The van der Waals surface area contributed by atoms with Crippen LogP contribution in [0.4, 0.5) is 0 Å². The minimum atomic E-state index is 0.651. The van der Waals surface area contributed by atoms with Crippen molar-refractivity contribution in [1.29, 1.82) is 0 Å². The second-order valence-corrected chi connectivity index (χ2v) is 6.06. The van der Waals surface area contributed by atoms with Gasteiger partial charge in [0.05, 0.1) is 17.1 Å². The quantitative estimate of drug-likeness (QED) is 0.553. The van der Waals surface area contributed by atoms with E-state index in [1.807, 2.05) is 42.5 Å². The maximum Gasteiger partial charge on any atom is 0.166 e. The van der Waals surface area contributed by atoms with Crippen molar-refractivity contribution in [1.82, 2.24) is 19.6 Å². The molecule has 0 aliphatic carbocycles. The number of rotatable bonds is 3. The lowest BCUT2D eigenvalue weighted by Gasteiger charge is -2.04. The third-order valence-corrected chi connectivity index (χ3v) is 4.32. The molecule has 0 spiro atoms. The molecular formula is C17H13BrN4O. The minimum Gasteiger partial charge on any atom is -0.496 e. The summed E-state index contributed by atoms with van der Waals surface area (Å²) in [6.07, 6.45) is 2.36. The molecule has 0 aliphatic heterocycles. The van der Waals surface area contributed by atoms with Crippen LogP contribution in [-0.4, -0.2) is 26.7 Å². The number of fused-ring (bicyclic) bond motifs is 3. The summed E-state index contributed by atoms with van der Waals surface area (Å²) in [5.74, 6) is 1.58. The fourth-order valence-corrected chi connectivity index (χ4v) is 3.19. The molecule has 2 heterocycles. The minimum absolute atomic E-state index is 0.651. The van der Waals surface area contributed by atoms with Crippen LogP contribution in [0, 0.1) is 0 Å². The predicted octanol–water partition coefficient (Wildman–Crippen LogP) is 3.64. The average molecular weight is 369 g/mol. The monoisotopic (exact) mass is 368 g/mol. The highest BCUT2D eigenvalue weighted by Gasteiger charge is 2.09. The van der Waals surface area contributed by atoms with Gasteiger partial charge in [0.2, 0.25) is 0 Å². The second-order valence-electron chi connectivity index (χ2n) is 5.20. The molecule has 0 N–H and O–H groups in total. The van der Waals surface area contributed by atoms with Crippen LogP contribution in [-0.2, 0) is 6.42 Å². The summed E-state index contributed by atoms with van der Waals surface area (Å²) in [5.41, 5.74) is 2.87. The van der Waals surface area contributed by atoms with Crippen LogP contribution in [0.15, 0.2) is 53.3 Å². The van der Waals surface area contributed by atoms with Gasteiger partial charge in [0.15, 0.2) is 11.5 Å². The van der Waals surface area contributed by atoms with Gasteiger partial charge in [0, 0.05) is 11.8 Å². The van der Waals surface area contributed by atoms with Gasteiger partial charge < -0.3 is 4.74 Å². The lowest BCUT2D eigenvalue weighted by Crippen LogP contribution is -1.94. The molecule has 2 aromatic carbocycles. The van der Waals surface area contributed by atoms with Gasteiger partial charge in [0.25, 0.3) is 0 Å². The van der Waals surface area contributed by atoms with Crippen LogP contribution in [0.1, 0.15) is 11.4 Å². The van der Waals surface area contributed by atoms with Crippen LogP contribution in [0.3, 0.4) is 0 Å². The Morgan fingerprint density at radius 3 is 2.87 bits per heavy atom. The third kappa shape index (κ3) is 2.55. The predicted molar refractivity (Wildman–Crippen MR) is 91.8 cm³/mol. The van der Waals surface area contributed by atoms with Crippen LogP contribution in [0.2, 0.25) is 0 Å². The van der Waals surface area contributed by atoms with E-state index in [2.05, 4.69) is 31.0 Å². The molecule has 23 heavy (non-hydrogen) atoms. The van der Waals surface area contributed by atoms with Crippen molar-refractivity contribution < 1.29 is 4.74 Å². The molecule has 4 aromatic rings. The first-order chi connectivity index (χ1) is 11.2. The Labute approximate surface area is 141 Å². The Hall–Kier alpha value is -2.47. The van der Waals surface area contributed by atoms with Crippen molar-refractivity contribution in [3.63, 3.8) is 0 Å². The van der Waals surface area contributed by atoms with E-state index >= 15 is 0 Å². The fourth-order valence-electron chi connectivity index (χ4n) is 2.60. The lowest BCUT2D eigenvalue weighted by atomic mass is 10.1. The number of ether oxygens (including phenoxy) is 1. The van der Waals surface area contributed by atoms with E-state index in [0.717, 1.165) is 38.2 Å². The molecule has 2 aromatic heterocycles. The summed E-state index contributed by atoms with van der Waals surface area (Å²) in [6.45, 7) is 0. The largest absolute Gasteiger partial charge is 0.496 e. The highest BCUT2D eigenvalue weighted by molar-refractivity contribution is 9.10. The second kappa shape index (κ2) is 5.62. The van der Waals surface area contributed by atoms with Gasteiger partial charge in [-0.2, -0.15) is 0 Å². The molecule has 6 heteroatoms. The summed E-state index contributed by atoms with van der Waals surface area (Å²) in [7, 11) is 1.65. The first-order valence-electron chi connectivity index (χ1n) is 7.16. The molecular weight excluding hydrogens is 356 g/mol. The van der Waals surface area contributed by atoms with Gasteiger partial charge in [0.1, 0.15) is 12.1 Å². The van der Waals surface area contributed by atoms with Crippen molar-refractivity contribution in [3.05, 3.63) is 64.7 Å². The summed E-state index contributed by atoms with van der Waals surface area (Å²) >= 11 is 3.51. The van der Waals surface area contributed by atoms with E-state index in [1.54, 1.807) is 18.0 Å². The van der Waals surface area contributed by atoms with Crippen LogP contribution >= 0.6 is 15.9 Å². The number of hydrogen-bond donors (Lipinski definition) is 0. The Morgan fingerprint density at radius 2 is 2.04 bits per heavy atom. The summed E-state index contributed by atoms with van der Waals surface area (Å²) in [4.78, 5) is 9.08. The number of nitrogens with zero attached hydrogens (tertiary/aromatic N) is 4. The lowest BCUT2D eigenvalue weighted by molar-refractivity contribution is 0.412. The number of para-hydroxylation sites is 1. The van der Waals surface area contributed by atoms with E-state index in [1.165, 1.54) is 0 Å². The Balaban J connectivity index is 1.75. The number of methoxy groups -OCH3 is 1. The van der Waals surface area contributed by atoms with Crippen molar-refractivity contribution >= 4 is 32.5 Å². The van der Waals surface area contributed by atoms with Crippen molar-refractivity contribution in [2.24, 2.45) is 0 Å². The molecule has 0 saturated carbocycles. The fraction of sp³-hybridized carbons (Fsp3) is 0.118. The SMILES string of the molecule is COc1ccc(Cc2nc3c4ccccc4ncn3n2)cc1Br. The van der Waals surface area contributed by atoms with Crippen molar-refractivity contribution in [2.75, 3.05) is 7.11 Å². The van der Waals surface area contributed by atoms with Crippen molar-refractivity contribution in [2.45, 2.75) is 6.42 Å². The number of benzene rings is 2. The van der Waals surface area contributed by atoms with Gasteiger partial charge in [-0.05, 0) is 45.8 Å². The Morgan fingerprint density at radius 1 is 1.17 bits per heavy atom. The topological polar surface area (TPSA) is 52.3 Å². The molecule has 4 rings (SSSR count). The van der Waals surface area contributed by atoms with Gasteiger partial charge >= 0.3 is 0 Å². The Kier molecular flexibility index (Phi) is 3.46. The van der Waals surface area contributed by atoms with E-state index in [9.17, 15) is 0 Å². The zero-order valence-electron chi connectivity index (χ0n) is 12.4. The van der Waals surface area contributed by atoms with Gasteiger partial charge in [-0.3, -0.25) is 0 Å². The van der Waals surface area contributed by atoms with Gasteiger partial charge in [-0.15, -0.1) is 5.10 Å². The number of halogens is 1.